The topological polar surface area (TPSA) is 81.7 Å². The number of carbonyl (C=O) groups is 3. The number of rotatable bonds is 2. The average Bonchev–Trinajstić information content (AvgIpc) is 2.82. The summed E-state index contributed by atoms with van der Waals surface area (Å²) in [5.41, 5.74) is -0.599. The minimum absolute atomic E-state index is 0.00381. The SMILES string of the molecule is COC(=O)[C@@H]1[C@H](NC(=O)OC(C)(C)C)[C@H]2CC(=O)[C@@H]1C2. The van der Waals surface area contributed by atoms with E-state index in [1.807, 2.05) is 0 Å². The molecule has 4 atom stereocenters. The van der Waals surface area contributed by atoms with Gasteiger partial charge in [0.1, 0.15) is 11.4 Å². The lowest BCUT2D eigenvalue weighted by Gasteiger charge is -2.30. The first kappa shape index (κ1) is 14.8. The van der Waals surface area contributed by atoms with Gasteiger partial charge in [-0.25, -0.2) is 4.79 Å². The fourth-order valence-corrected chi connectivity index (χ4v) is 3.21. The Balaban J connectivity index is 2.08. The van der Waals surface area contributed by atoms with Crippen LogP contribution in [0.25, 0.3) is 0 Å². The van der Waals surface area contributed by atoms with Crippen molar-refractivity contribution in [3.63, 3.8) is 0 Å². The molecule has 20 heavy (non-hydrogen) atoms. The number of nitrogens with one attached hydrogen (secondary N) is 1. The van der Waals surface area contributed by atoms with Gasteiger partial charge in [-0.15, -0.1) is 0 Å². The zero-order valence-electron chi connectivity index (χ0n) is 12.3. The number of ether oxygens (including phenoxy) is 2. The largest absolute Gasteiger partial charge is 0.469 e. The highest BCUT2D eigenvalue weighted by molar-refractivity contribution is 5.91. The van der Waals surface area contributed by atoms with Crippen LogP contribution >= 0.6 is 0 Å². The third kappa shape index (κ3) is 2.78. The maximum Gasteiger partial charge on any atom is 0.407 e. The van der Waals surface area contributed by atoms with Gasteiger partial charge in [-0.05, 0) is 33.1 Å². The fourth-order valence-electron chi connectivity index (χ4n) is 3.21. The van der Waals surface area contributed by atoms with Crippen LogP contribution in [0.2, 0.25) is 0 Å². The van der Waals surface area contributed by atoms with Gasteiger partial charge in [0.15, 0.2) is 0 Å². The predicted octanol–water partition coefficient (Wildman–Crippen LogP) is 1.28. The second-order valence-electron chi connectivity index (χ2n) is 6.49. The molecule has 6 heteroatoms. The second-order valence-corrected chi connectivity index (χ2v) is 6.49. The summed E-state index contributed by atoms with van der Waals surface area (Å²) in [7, 11) is 1.29. The molecule has 2 fully saturated rings. The summed E-state index contributed by atoms with van der Waals surface area (Å²) < 4.78 is 9.97. The average molecular weight is 283 g/mol. The molecule has 0 radical (unpaired) electrons. The Morgan fingerprint density at radius 3 is 2.50 bits per heavy atom. The molecule has 2 saturated carbocycles. The van der Waals surface area contributed by atoms with Gasteiger partial charge >= 0.3 is 12.1 Å². The quantitative estimate of drug-likeness (QED) is 0.772. The maximum absolute atomic E-state index is 11.9. The van der Waals surface area contributed by atoms with Crippen LogP contribution in [0.1, 0.15) is 33.6 Å². The second kappa shape index (κ2) is 5.07. The normalized spacial score (nSPS) is 32.1. The molecule has 0 aromatic carbocycles. The van der Waals surface area contributed by atoms with Crippen molar-refractivity contribution in [2.45, 2.75) is 45.3 Å². The number of Topliss-reactive ketones (excluding diaryl/α,β-unsaturated/α-hetero) is 1. The van der Waals surface area contributed by atoms with Crippen LogP contribution in [0.3, 0.4) is 0 Å². The van der Waals surface area contributed by atoms with E-state index in [1.54, 1.807) is 20.8 Å². The Kier molecular flexibility index (Phi) is 3.75. The molecule has 2 aliphatic carbocycles. The molecule has 1 N–H and O–H groups in total. The van der Waals surface area contributed by atoms with E-state index >= 15 is 0 Å². The molecule has 2 aliphatic rings. The van der Waals surface area contributed by atoms with Gasteiger partial charge in [-0.1, -0.05) is 0 Å². The summed E-state index contributed by atoms with van der Waals surface area (Å²) >= 11 is 0. The standard InChI is InChI=1S/C14H21NO5/c1-14(2,3)20-13(18)15-11-7-5-8(9(16)6-7)10(11)12(17)19-4/h7-8,10-11H,5-6H2,1-4H3,(H,15,18)/t7-,8+,10+,11-/m1/s1. The minimum Gasteiger partial charge on any atom is -0.469 e. The lowest BCUT2D eigenvalue weighted by molar-refractivity contribution is -0.150. The Labute approximate surface area is 118 Å². The molecule has 6 nitrogen and oxygen atoms in total. The molecule has 1 amide bonds. The molecule has 2 rings (SSSR count). The fraction of sp³-hybridized carbons (Fsp3) is 0.786. The van der Waals surface area contributed by atoms with Crippen molar-refractivity contribution in [1.82, 2.24) is 5.32 Å². The molecule has 112 valence electrons. The van der Waals surface area contributed by atoms with Gasteiger partial charge in [0.05, 0.1) is 13.0 Å². The van der Waals surface area contributed by atoms with E-state index in [9.17, 15) is 14.4 Å². The van der Waals surface area contributed by atoms with Gasteiger partial charge in [0.25, 0.3) is 0 Å². The molecule has 0 spiro atoms. The number of methoxy groups -OCH3 is 1. The Bertz CT molecular complexity index is 439. The van der Waals surface area contributed by atoms with Crippen LogP contribution in [0, 0.1) is 17.8 Å². The number of alkyl carbamates (subject to hydrolysis) is 1. The number of ketones is 1. The van der Waals surface area contributed by atoms with E-state index in [2.05, 4.69) is 5.32 Å². The first-order chi connectivity index (χ1) is 9.23. The van der Waals surface area contributed by atoms with Gasteiger partial charge in [0, 0.05) is 18.4 Å². The molecule has 0 aliphatic heterocycles. The zero-order valence-corrected chi connectivity index (χ0v) is 12.3. The van der Waals surface area contributed by atoms with E-state index in [1.165, 1.54) is 7.11 Å². The molecular weight excluding hydrogens is 262 g/mol. The smallest absolute Gasteiger partial charge is 0.407 e. The Morgan fingerprint density at radius 1 is 1.30 bits per heavy atom. The molecule has 0 unspecified atom stereocenters. The van der Waals surface area contributed by atoms with Crippen molar-refractivity contribution in [3.8, 4) is 0 Å². The van der Waals surface area contributed by atoms with Crippen LogP contribution in [0.5, 0.6) is 0 Å². The van der Waals surface area contributed by atoms with Gasteiger partial charge in [-0.3, -0.25) is 9.59 Å². The van der Waals surface area contributed by atoms with E-state index in [-0.39, 0.29) is 23.7 Å². The summed E-state index contributed by atoms with van der Waals surface area (Å²) in [5.74, 6) is -1.26. The lowest BCUT2D eigenvalue weighted by Crippen LogP contribution is -2.50. The van der Waals surface area contributed by atoms with E-state index in [0.717, 1.165) is 0 Å². The van der Waals surface area contributed by atoms with Crippen LogP contribution < -0.4 is 5.32 Å². The molecule has 0 aromatic heterocycles. The highest BCUT2D eigenvalue weighted by Crippen LogP contribution is 2.46. The first-order valence-electron chi connectivity index (χ1n) is 6.83. The number of esters is 1. The molecular formula is C14H21NO5. The van der Waals surface area contributed by atoms with Gasteiger partial charge in [-0.2, -0.15) is 0 Å². The Hall–Kier alpha value is -1.59. The highest BCUT2D eigenvalue weighted by Gasteiger charge is 2.56. The van der Waals surface area contributed by atoms with Crippen LogP contribution in [0.15, 0.2) is 0 Å². The summed E-state index contributed by atoms with van der Waals surface area (Å²) in [5, 5.41) is 2.74. The van der Waals surface area contributed by atoms with E-state index in [0.29, 0.717) is 12.8 Å². The van der Waals surface area contributed by atoms with Crippen LogP contribution in [-0.2, 0) is 19.1 Å². The van der Waals surface area contributed by atoms with Gasteiger partial charge in [0.2, 0.25) is 0 Å². The summed E-state index contributed by atoms with van der Waals surface area (Å²) in [4.78, 5) is 35.5. The van der Waals surface area contributed by atoms with E-state index in [4.69, 9.17) is 9.47 Å². The van der Waals surface area contributed by atoms with Crippen molar-refractivity contribution in [3.05, 3.63) is 0 Å². The van der Waals surface area contributed by atoms with Crippen LogP contribution in [0.4, 0.5) is 4.79 Å². The molecule has 0 aromatic rings. The van der Waals surface area contributed by atoms with Crippen molar-refractivity contribution >= 4 is 17.8 Å². The maximum atomic E-state index is 11.9. The zero-order chi connectivity index (χ0) is 15.1. The minimum atomic E-state index is -0.599. The highest BCUT2D eigenvalue weighted by atomic mass is 16.6. The van der Waals surface area contributed by atoms with Crippen molar-refractivity contribution in [2.75, 3.05) is 7.11 Å². The van der Waals surface area contributed by atoms with Gasteiger partial charge < -0.3 is 14.8 Å². The van der Waals surface area contributed by atoms with Crippen molar-refractivity contribution in [2.24, 2.45) is 17.8 Å². The third-order valence-electron chi connectivity index (χ3n) is 3.92. The number of hydrogen-bond acceptors (Lipinski definition) is 5. The predicted molar refractivity (Wildman–Crippen MR) is 69.9 cm³/mol. The van der Waals surface area contributed by atoms with Crippen molar-refractivity contribution in [1.29, 1.82) is 0 Å². The van der Waals surface area contributed by atoms with E-state index < -0.39 is 23.6 Å². The molecule has 0 saturated heterocycles. The summed E-state index contributed by atoms with van der Waals surface area (Å²) in [6.45, 7) is 5.32. The number of hydrogen-bond donors (Lipinski definition) is 1. The Morgan fingerprint density at radius 2 is 1.95 bits per heavy atom. The number of carbonyl (C=O) groups excluding carboxylic acids is 3. The number of fused-ring (bicyclic) bond motifs is 2. The van der Waals surface area contributed by atoms with Crippen LogP contribution in [-0.4, -0.2) is 36.6 Å². The molecule has 2 bridgehead atoms. The summed E-state index contributed by atoms with van der Waals surface area (Å²) in [6, 6.07) is -0.375. The number of amides is 1. The first-order valence-corrected chi connectivity index (χ1v) is 6.83. The lowest BCUT2D eigenvalue weighted by atomic mass is 9.83. The monoisotopic (exact) mass is 283 g/mol. The third-order valence-corrected chi connectivity index (χ3v) is 3.92. The van der Waals surface area contributed by atoms with Crippen molar-refractivity contribution < 1.29 is 23.9 Å². The molecule has 0 heterocycles. The summed E-state index contributed by atoms with van der Waals surface area (Å²) in [6.07, 6.45) is 0.494.